The van der Waals surface area contributed by atoms with Crippen LogP contribution in [0.5, 0.6) is 0 Å². The van der Waals surface area contributed by atoms with Gasteiger partial charge in [0, 0.05) is 18.3 Å². The molecule has 0 aromatic heterocycles. The number of rotatable bonds is 8. The highest BCUT2D eigenvalue weighted by Crippen LogP contribution is 2.03. The van der Waals surface area contributed by atoms with Gasteiger partial charge in [0.15, 0.2) is 0 Å². The van der Waals surface area contributed by atoms with Crippen LogP contribution in [0.2, 0.25) is 0 Å². The van der Waals surface area contributed by atoms with E-state index in [0.717, 1.165) is 18.6 Å². The molecule has 4 N–H and O–H groups in total. The molecule has 0 saturated heterocycles. The molecular formula is C12H25N3O2S. The molecule has 6 heteroatoms. The summed E-state index contributed by atoms with van der Waals surface area (Å²) >= 11 is 1.45. The highest BCUT2D eigenvalue weighted by Gasteiger charge is 2.08. The highest BCUT2D eigenvalue weighted by atomic mass is 32.2. The Hall–Kier alpha value is -0.750. The zero-order valence-electron chi connectivity index (χ0n) is 11.5. The van der Waals surface area contributed by atoms with Crippen LogP contribution in [0.3, 0.4) is 0 Å². The van der Waals surface area contributed by atoms with Crippen molar-refractivity contribution in [2.75, 3.05) is 18.1 Å². The standard InChI is InChI=1S/C12H25N3O2S/c1-4-10(13)7-18-8-11(16)15-12(17)14-6-5-9(2)3/h9-10H,4-8,13H2,1-3H3,(H2,14,15,16,17). The van der Waals surface area contributed by atoms with Crippen molar-refractivity contribution in [3.05, 3.63) is 0 Å². The zero-order valence-corrected chi connectivity index (χ0v) is 12.3. The summed E-state index contributed by atoms with van der Waals surface area (Å²) in [5.41, 5.74) is 5.72. The smallest absolute Gasteiger partial charge is 0.321 e. The third-order valence-electron chi connectivity index (χ3n) is 2.35. The fourth-order valence-electron chi connectivity index (χ4n) is 1.10. The minimum Gasteiger partial charge on any atom is -0.338 e. The molecule has 0 bridgehead atoms. The lowest BCUT2D eigenvalue weighted by Crippen LogP contribution is -2.41. The fraction of sp³-hybridized carbons (Fsp3) is 0.833. The maximum atomic E-state index is 11.4. The molecular weight excluding hydrogens is 250 g/mol. The lowest BCUT2D eigenvalue weighted by atomic mass is 10.1. The molecule has 0 aliphatic carbocycles. The average Bonchev–Trinajstić information content (AvgIpc) is 2.28. The van der Waals surface area contributed by atoms with Gasteiger partial charge in [0.25, 0.3) is 0 Å². The molecule has 106 valence electrons. The van der Waals surface area contributed by atoms with Crippen LogP contribution < -0.4 is 16.4 Å². The second-order valence-corrected chi connectivity index (χ2v) is 5.70. The monoisotopic (exact) mass is 275 g/mol. The van der Waals surface area contributed by atoms with Crippen LogP contribution in [-0.4, -0.2) is 36.0 Å². The first-order valence-corrected chi connectivity index (χ1v) is 7.52. The number of hydrogen-bond acceptors (Lipinski definition) is 4. The van der Waals surface area contributed by atoms with E-state index in [1.165, 1.54) is 11.8 Å². The molecule has 1 atom stereocenters. The van der Waals surface area contributed by atoms with Crippen molar-refractivity contribution in [3.8, 4) is 0 Å². The third kappa shape index (κ3) is 10.4. The summed E-state index contributed by atoms with van der Waals surface area (Å²) in [4.78, 5) is 22.7. The van der Waals surface area contributed by atoms with E-state index in [1.807, 2.05) is 6.92 Å². The van der Waals surface area contributed by atoms with Crippen LogP contribution in [-0.2, 0) is 4.79 Å². The first kappa shape index (κ1) is 17.2. The predicted octanol–water partition coefficient (Wildman–Crippen LogP) is 1.33. The average molecular weight is 275 g/mol. The number of urea groups is 1. The van der Waals surface area contributed by atoms with Gasteiger partial charge in [0.2, 0.25) is 5.91 Å². The number of amides is 3. The lowest BCUT2D eigenvalue weighted by molar-refractivity contribution is -0.117. The summed E-state index contributed by atoms with van der Waals surface area (Å²) in [6.07, 6.45) is 1.80. The van der Waals surface area contributed by atoms with E-state index in [-0.39, 0.29) is 17.7 Å². The molecule has 3 amide bonds. The summed E-state index contributed by atoms with van der Waals surface area (Å²) in [5.74, 6) is 1.27. The van der Waals surface area contributed by atoms with E-state index in [9.17, 15) is 9.59 Å². The van der Waals surface area contributed by atoms with Crippen molar-refractivity contribution in [2.24, 2.45) is 11.7 Å². The van der Waals surface area contributed by atoms with E-state index in [2.05, 4.69) is 24.5 Å². The molecule has 1 unspecified atom stereocenters. The molecule has 0 saturated carbocycles. The van der Waals surface area contributed by atoms with Crippen molar-refractivity contribution in [1.82, 2.24) is 10.6 Å². The van der Waals surface area contributed by atoms with Crippen molar-refractivity contribution < 1.29 is 9.59 Å². The van der Waals surface area contributed by atoms with Gasteiger partial charge in [0.1, 0.15) is 0 Å². The first-order valence-electron chi connectivity index (χ1n) is 6.36. The molecule has 5 nitrogen and oxygen atoms in total. The summed E-state index contributed by atoms with van der Waals surface area (Å²) in [6.45, 7) is 6.76. The van der Waals surface area contributed by atoms with Crippen LogP contribution >= 0.6 is 11.8 Å². The molecule has 0 aromatic carbocycles. The Balaban J connectivity index is 3.58. The maximum absolute atomic E-state index is 11.4. The fourth-order valence-corrected chi connectivity index (χ4v) is 2.02. The van der Waals surface area contributed by atoms with Gasteiger partial charge in [-0.15, -0.1) is 0 Å². The Morgan fingerprint density at radius 3 is 2.56 bits per heavy atom. The van der Waals surface area contributed by atoms with Crippen LogP contribution in [0.4, 0.5) is 4.79 Å². The van der Waals surface area contributed by atoms with E-state index in [4.69, 9.17) is 5.73 Å². The van der Waals surface area contributed by atoms with Crippen molar-refractivity contribution >= 4 is 23.7 Å². The van der Waals surface area contributed by atoms with Crippen molar-refractivity contribution in [1.29, 1.82) is 0 Å². The molecule has 18 heavy (non-hydrogen) atoms. The van der Waals surface area contributed by atoms with Gasteiger partial charge in [0.05, 0.1) is 5.75 Å². The van der Waals surface area contributed by atoms with Crippen molar-refractivity contribution in [2.45, 2.75) is 39.7 Å². The second kappa shape index (κ2) is 10.2. The molecule has 0 spiro atoms. The van der Waals surface area contributed by atoms with Gasteiger partial charge in [-0.2, -0.15) is 11.8 Å². The largest absolute Gasteiger partial charge is 0.338 e. The number of carbonyl (C=O) groups is 2. The van der Waals surface area contributed by atoms with Crippen LogP contribution in [0.1, 0.15) is 33.6 Å². The molecule has 0 aromatic rings. The highest BCUT2D eigenvalue weighted by molar-refractivity contribution is 8.00. The predicted molar refractivity (Wildman–Crippen MR) is 76.6 cm³/mol. The number of nitrogens with one attached hydrogen (secondary N) is 2. The number of thioether (sulfide) groups is 1. The van der Waals surface area contributed by atoms with Gasteiger partial charge in [-0.3, -0.25) is 10.1 Å². The first-order chi connectivity index (χ1) is 8.45. The minimum atomic E-state index is -0.416. The number of nitrogens with two attached hydrogens (primary N) is 1. The maximum Gasteiger partial charge on any atom is 0.321 e. The van der Waals surface area contributed by atoms with Gasteiger partial charge in [-0.05, 0) is 18.8 Å². The van der Waals surface area contributed by atoms with Crippen molar-refractivity contribution in [3.63, 3.8) is 0 Å². The van der Waals surface area contributed by atoms with E-state index in [0.29, 0.717) is 12.5 Å². The number of carbonyl (C=O) groups excluding carboxylic acids is 2. The SMILES string of the molecule is CCC(N)CSCC(=O)NC(=O)NCCC(C)C. The normalized spacial score (nSPS) is 12.3. The number of imide groups is 1. The Morgan fingerprint density at radius 1 is 1.33 bits per heavy atom. The molecule has 0 radical (unpaired) electrons. The van der Waals surface area contributed by atoms with E-state index >= 15 is 0 Å². The molecule has 0 fully saturated rings. The lowest BCUT2D eigenvalue weighted by Gasteiger charge is -2.09. The molecule has 0 heterocycles. The summed E-state index contributed by atoms with van der Waals surface area (Å²) in [6, 6.07) is -0.302. The Bertz CT molecular complexity index is 260. The quantitative estimate of drug-likeness (QED) is 0.624. The Morgan fingerprint density at radius 2 is 2.00 bits per heavy atom. The summed E-state index contributed by atoms with van der Waals surface area (Å²) < 4.78 is 0. The molecule has 0 aliphatic rings. The number of hydrogen-bond donors (Lipinski definition) is 3. The summed E-state index contributed by atoms with van der Waals surface area (Å²) in [5, 5.41) is 4.95. The van der Waals surface area contributed by atoms with Crippen LogP contribution in [0.15, 0.2) is 0 Å². The van der Waals surface area contributed by atoms with Crippen LogP contribution in [0, 0.1) is 5.92 Å². The van der Waals surface area contributed by atoms with Gasteiger partial charge in [-0.1, -0.05) is 20.8 Å². The molecule has 0 rings (SSSR count). The van der Waals surface area contributed by atoms with Gasteiger partial charge >= 0.3 is 6.03 Å². The topological polar surface area (TPSA) is 84.2 Å². The summed E-state index contributed by atoms with van der Waals surface area (Å²) in [7, 11) is 0. The van der Waals surface area contributed by atoms with E-state index < -0.39 is 6.03 Å². The molecule has 0 aliphatic heterocycles. The third-order valence-corrected chi connectivity index (χ3v) is 3.48. The second-order valence-electron chi connectivity index (χ2n) is 4.67. The minimum absolute atomic E-state index is 0.114. The van der Waals surface area contributed by atoms with Crippen LogP contribution in [0.25, 0.3) is 0 Å². The Labute approximate surface area is 114 Å². The van der Waals surface area contributed by atoms with E-state index in [1.54, 1.807) is 0 Å². The Kier molecular flexibility index (Phi) is 9.77. The zero-order chi connectivity index (χ0) is 14.0. The van der Waals surface area contributed by atoms with Gasteiger partial charge < -0.3 is 11.1 Å². The van der Waals surface area contributed by atoms with Gasteiger partial charge in [-0.25, -0.2) is 4.79 Å².